The number of aliphatic hydroxyl groups is 1. The first-order valence-corrected chi connectivity index (χ1v) is 7.77. The molecule has 0 aromatic carbocycles. The lowest BCUT2D eigenvalue weighted by Gasteiger charge is -2.46. The van der Waals surface area contributed by atoms with Crippen molar-refractivity contribution in [1.82, 2.24) is 0 Å². The Morgan fingerprint density at radius 2 is 1.88 bits per heavy atom. The van der Waals surface area contributed by atoms with Gasteiger partial charge < -0.3 is 5.11 Å². The molecule has 2 aliphatic rings. The third-order valence-corrected chi connectivity index (χ3v) is 5.80. The van der Waals surface area contributed by atoms with Crippen molar-refractivity contribution in [2.24, 2.45) is 23.7 Å². The first-order valence-electron chi connectivity index (χ1n) is 7.77. The van der Waals surface area contributed by atoms with Crippen LogP contribution in [0.2, 0.25) is 0 Å². The Morgan fingerprint density at radius 3 is 2.53 bits per heavy atom. The summed E-state index contributed by atoms with van der Waals surface area (Å²) >= 11 is 0. The summed E-state index contributed by atoms with van der Waals surface area (Å²) in [5, 5.41) is 11.0. The van der Waals surface area contributed by atoms with Crippen molar-refractivity contribution in [2.45, 2.75) is 77.7 Å². The van der Waals surface area contributed by atoms with Crippen molar-refractivity contribution in [1.29, 1.82) is 0 Å². The molecular weight excluding hydrogens is 208 g/mol. The predicted molar refractivity (Wildman–Crippen MR) is 72.9 cm³/mol. The van der Waals surface area contributed by atoms with Crippen LogP contribution >= 0.6 is 0 Å². The molecule has 5 atom stereocenters. The highest BCUT2D eigenvalue weighted by Crippen LogP contribution is 2.46. The molecule has 2 aliphatic carbocycles. The maximum absolute atomic E-state index is 11.0. The van der Waals surface area contributed by atoms with Crippen LogP contribution in [0, 0.1) is 23.7 Å². The highest BCUT2D eigenvalue weighted by atomic mass is 16.3. The molecule has 0 saturated heterocycles. The van der Waals surface area contributed by atoms with Crippen LogP contribution in [-0.2, 0) is 0 Å². The first kappa shape index (κ1) is 13.4. The van der Waals surface area contributed by atoms with E-state index in [9.17, 15) is 5.11 Å². The first-order chi connectivity index (χ1) is 8.05. The van der Waals surface area contributed by atoms with E-state index in [4.69, 9.17) is 0 Å². The molecule has 0 bridgehead atoms. The second-order valence-electron chi connectivity index (χ2n) is 6.94. The Hall–Kier alpha value is -0.0400. The molecule has 2 fully saturated rings. The highest BCUT2D eigenvalue weighted by molar-refractivity contribution is 4.94. The summed E-state index contributed by atoms with van der Waals surface area (Å²) in [6.07, 6.45) is 9.94. The van der Waals surface area contributed by atoms with Crippen LogP contribution in [-0.4, -0.2) is 10.7 Å². The Balaban J connectivity index is 2.00. The van der Waals surface area contributed by atoms with Gasteiger partial charge in [-0.3, -0.25) is 0 Å². The summed E-state index contributed by atoms with van der Waals surface area (Å²) in [6, 6.07) is 0. The second-order valence-corrected chi connectivity index (χ2v) is 6.94. The Morgan fingerprint density at radius 1 is 1.12 bits per heavy atom. The molecule has 1 heteroatoms. The lowest BCUT2D eigenvalue weighted by Crippen LogP contribution is -2.45. The molecule has 0 aromatic rings. The van der Waals surface area contributed by atoms with Gasteiger partial charge in [0.25, 0.3) is 0 Å². The van der Waals surface area contributed by atoms with E-state index in [2.05, 4.69) is 20.8 Å². The largest absolute Gasteiger partial charge is 0.390 e. The van der Waals surface area contributed by atoms with Gasteiger partial charge in [-0.25, -0.2) is 0 Å². The molecular formula is C16H30O. The monoisotopic (exact) mass is 238 g/mol. The summed E-state index contributed by atoms with van der Waals surface area (Å²) in [4.78, 5) is 0. The van der Waals surface area contributed by atoms with Gasteiger partial charge in [0.15, 0.2) is 0 Å². The fourth-order valence-corrected chi connectivity index (χ4v) is 4.14. The summed E-state index contributed by atoms with van der Waals surface area (Å²) in [5.41, 5.74) is -0.320. The van der Waals surface area contributed by atoms with E-state index in [1.807, 2.05) is 0 Å². The molecule has 0 amide bonds. The zero-order valence-electron chi connectivity index (χ0n) is 11.9. The van der Waals surface area contributed by atoms with Gasteiger partial charge in [-0.05, 0) is 55.8 Å². The van der Waals surface area contributed by atoms with Crippen LogP contribution < -0.4 is 0 Å². The van der Waals surface area contributed by atoms with Crippen LogP contribution in [0.15, 0.2) is 0 Å². The minimum absolute atomic E-state index is 0.320. The third kappa shape index (κ3) is 2.86. The Kier molecular flexibility index (Phi) is 4.18. The van der Waals surface area contributed by atoms with Gasteiger partial charge in [0, 0.05) is 0 Å². The topological polar surface area (TPSA) is 20.2 Å². The van der Waals surface area contributed by atoms with E-state index >= 15 is 0 Å². The average molecular weight is 238 g/mol. The van der Waals surface area contributed by atoms with Gasteiger partial charge in [-0.15, -0.1) is 0 Å². The van der Waals surface area contributed by atoms with Crippen LogP contribution in [0.5, 0.6) is 0 Å². The van der Waals surface area contributed by atoms with E-state index in [-0.39, 0.29) is 5.60 Å². The standard InChI is InChI=1S/C16H30O/c1-4-14-6-5-7-15(10-14)16(17)9-8-12(2)13(3)11-16/h12-15,17H,4-11H2,1-3H3. The normalized spacial score (nSPS) is 48.0. The van der Waals surface area contributed by atoms with E-state index in [0.29, 0.717) is 11.8 Å². The molecule has 0 heterocycles. The lowest BCUT2D eigenvalue weighted by molar-refractivity contribution is -0.0906. The minimum Gasteiger partial charge on any atom is -0.390 e. The van der Waals surface area contributed by atoms with Gasteiger partial charge in [0.05, 0.1) is 5.60 Å². The number of hydrogen-bond acceptors (Lipinski definition) is 1. The van der Waals surface area contributed by atoms with Crippen molar-refractivity contribution in [3.05, 3.63) is 0 Å². The summed E-state index contributed by atoms with van der Waals surface area (Å²) in [5.74, 6) is 2.99. The summed E-state index contributed by atoms with van der Waals surface area (Å²) in [6.45, 7) is 6.98. The van der Waals surface area contributed by atoms with E-state index in [1.54, 1.807) is 0 Å². The Bertz CT molecular complexity index is 250. The second kappa shape index (κ2) is 5.30. The average Bonchev–Trinajstić information content (AvgIpc) is 2.34. The molecule has 100 valence electrons. The zero-order chi connectivity index (χ0) is 12.5. The van der Waals surface area contributed by atoms with Crippen molar-refractivity contribution < 1.29 is 5.11 Å². The van der Waals surface area contributed by atoms with Crippen LogP contribution in [0.3, 0.4) is 0 Å². The molecule has 1 N–H and O–H groups in total. The van der Waals surface area contributed by atoms with Crippen molar-refractivity contribution in [3.8, 4) is 0 Å². The predicted octanol–water partition coefficient (Wildman–Crippen LogP) is 4.39. The minimum atomic E-state index is -0.320. The van der Waals surface area contributed by atoms with E-state index in [0.717, 1.165) is 24.7 Å². The van der Waals surface area contributed by atoms with Crippen LogP contribution in [0.4, 0.5) is 0 Å². The molecule has 0 spiro atoms. The third-order valence-electron chi connectivity index (χ3n) is 5.80. The van der Waals surface area contributed by atoms with Crippen LogP contribution in [0.1, 0.15) is 72.1 Å². The number of rotatable bonds is 2. The zero-order valence-corrected chi connectivity index (χ0v) is 11.9. The van der Waals surface area contributed by atoms with E-state index < -0.39 is 0 Å². The molecule has 1 nitrogen and oxygen atoms in total. The van der Waals surface area contributed by atoms with Gasteiger partial charge in [-0.2, -0.15) is 0 Å². The lowest BCUT2D eigenvalue weighted by atomic mass is 9.63. The van der Waals surface area contributed by atoms with Crippen molar-refractivity contribution in [2.75, 3.05) is 0 Å². The fraction of sp³-hybridized carbons (Fsp3) is 1.00. The summed E-state index contributed by atoms with van der Waals surface area (Å²) < 4.78 is 0. The smallest absolute Gasteiger partial charge is 0.0678 e. The van der Waals surface area contributed by atoms with Crippen molar-refractivity contribution >= 4 is 0 Å². The number of hydrogen-bond donors (Lipinski definition) is 1. The highest BCUT2D eigenvalue weighted by Gasteiger charge is 2.43. The van der Waals surface area contributed by atoms with Crippen molar-refractivity contribution in [3.63, 3.8) is 0 Å². The molecule has 0 aliphatic heterocycles. The van der Waals surface area contributed by atoms with Gasteiger partial charge >= 0.3 is 0 Å². The quantitative estimate of drug-likeness (QED) is 0.756. The molecule has 0 aromatic heterocycles. The van der Waals surface area contributed by atoms with E-state index in [1.165, 1.54) is 38.5 Å². The van der Waals surface area contributed by atoms with Gasteiger partial charge in [-0.1, -0.05) is 40.0 Å². The fourth-order valence-electron chi connectivity index (χ4n) is 4.14. The molecule has 2 saturated carbocycles. The van der Waals surface area contributed by atoms with Crippen LogP contribution in [0.25, 0.3) is 0 Å². The van der Waals surface area contributed by atoms with Gasteiger partial charge in [0.2, 0.25) is 0 Å². The molecule has 0 radical (unpaired) electrons. The maximum Gasteiger partial charge on any atom is 0.0678 e. The summed E-state index contributed by atoms with van der Waals surface area (Å²) in [7, 11) is 0. The molecule has 17 heavy (non-hydrogen) atoms. The Labute approximate surface area is 107 Å². The maximum atomic E-state index is 11.0. The SMILES string of the molecule is CCC1CCCC(C2(O)CCC(C)C(C)C2)C1. The molecule has 2 rings (SSSR count). The molecule has 5 unspecified atom stereocenters. The van der Waals surface area contributed by atoms with Gasteiger partial charge in [0.1, 0.15) is 0 Å².